The van der Waals surface area contributed by atoms with Gasteiger partial charge in [-0.3, -0.25) is 14.7 Å². The molecule has 0 spiro atoms. The van der Waals surface area contributed by atoms with Crippen LogP contribution < -0.4 is 4.90 Å². The fourth-order valence-corrected chi connectivity index (χ4v) is 5.40. The van der Waals surface area contributed by atoms with Gasteiger partial charge in [-0.1, -0.05) is 63.4 Å². The summed E-state index contributed by atoms with van der Waals surface area (Å²) in [7, 11) is 0. The van der Waals surface area contributed by atoms with Crippen LogP contribution in [0.2, 0.25) is 0 Å². The third kappa shape index (κ3) is 6.14. The van der Waals surface area contributed by atoms with Gasteiger partial charge >= 0.3 is 0 Å². The first-order chi connectivity index (χ1) is 13.6. The van der Waals surface area contributed by atoms with Crippen molar-refractivity contribution in [2.24, 2.45) is 4.99 Å². The number of hydrogen-bond acceptors (Lipinski definition) is 3. The van der Waals surface area contributed by atoms with Gasteiger partial charge in [0.25, 0.3) is 0 Å². The Kier molecular flexibility index (Phi) is 9.84. The molecule has 2 fully saturated rings. The van der Waals surface area contributed by atoms with Crippen LogP contribution in [0, 0.1) is 0 Å². The molecule has 0 N–H and O–H groups in total. The summed E-state index contributed by atoms with van der Waals surface area (Å²) in [4.78, 5) is 22.2. The van der Waals surface area contributed by atoms with E-state index in [2.05, 4.69) is 43.0 Å². The van der Waals surface area contributed by atoms with Gasteiger partial charge in [0.05, 0.1) is 6.04 Å². The molecule has 0 bridgehead atoms. The Morgan fingerprint density at radius 1 is 1.17 bits per heavy atom. The minimum absolute atomic E-state index is 0. The Hall–Kier alpha value is -1.20. The van der Waals surface area contributed by atoms with Crippen molar-refractivity contribution in [3.63, 3.8) is 0 Å². The number of halogens is 1. The van der Waals surface area contributed by atoms with Crippen LogP contribution in [0.1, 0.15) is 71.3 Å². The van der Waals surface area contributed by atoms with Crippen LogP contribution in [0.3, 0.4) is 0 Å². The molecule has 29 heavy (non-hydrogen) atoms. The first kappa shape index (κ1) is 24.1. The zero-order valence-electron chi connectivity index (χ0n) is 18.1. The van der Waals surface area contributed by atoms with E-state index in [1.54, 1.807) is 6.92 Å². The molecule has 1 amide bonds. The van der Waals surface area contributed by atoms with Gasteiger partial charge in [0.15, 0.2) is 5.17 Å². The van der Waals surface area contributed by atoms with Crippen LogP contribution in [0.4, 0.5) is 5.69 Å². The number of carbonyl (C=O) groups excluding carboxylic acids is 1. The molecule has 4 nitrogen and oxygen atoms in total. The maximum absolute atomic E-state index is 12.7. The number of benzene rings is 1. The smallest absolute Gasteiger partial charge is 0.225 e. The summed E-state index contributed by atoms with van der Waals surface area (Å²) in [5.41, 5.74) is 2.30. The van der Waals surface area contributed by atoms with Gasteiger partial charge in [-0.2, -0.15) is 0 Å². The molecule has 1 heterocycles. The highest BCUT2D eigenvalue weighted by Gasteiger charge is 2.36. The van der Waals surface area contributed by atoms with Gasteiger partial charge in [0, 0.05) is 24.9 Å². The van der Waals surface area contributed by atoms with Crippen LogP contribution in [-0.4, -0.2) is 40.5 Å². The number of carbonyl (C=O) groups is 1. The molecule has 162 valence electrons. The van der Waals surface area contributed by atoms with Gasteiger partial charge in [0.2, 0.25) is 5.91 Å². The standard InChI is InChI=1S/C23H35N3OS.ClH/c1-4-6-16-25-22(17-28-23(25)24-20-10-8-7-9-11-20)26(18(3)27)21-14-12-19(5-2)13-15-21;/h12-15,20,22H,4-11,16-17H2,1-3H3;1H. The summed E-state index contributed by atoms with van der Waals surface area (Å²) in [6, 6.07) is 8.94. The summed E-state index contributed by atoms with van der Waals surface area (Å²) in [5, 5.41) is 1.15. The van der Waals surface area contributed by atoms with Crippen molar-refractivity contribution in [3.8, 4) is 0 Å². The van der Waals surface area contributed by atoms with Crippen molar-refractivity contribution in [2.45, 2.75) is 84.3 Å². The van der Waals surface area contributed by atoms with E-state index in [4.69, 9.17) is 4.99 Å². The number of rotatable bonds is 7. The molecule has 1 aliphatic carbocycles. The number of aryl methyl sites for hydroxylation is 1. The number of nitrogens with zero attached hydrogens (tertiary/aromatic N) is 3. The number of amidine groups is 1. The van der Waals surface area contributed by atoms with Crippen LogP contribution in [0.15, 0.2) is 29.3 Å². The van der Waals surface area contributed by atoms with E-state index >= 15 is 0 Å². The highest BCUT2D eigenvalue weighted by Crippen LogP contribution is 2.32. The average molecular weight is 438 g/mol. The maximum atomic E-state index is 12.7. The van der Waals surface area contributed by atoms with Crippen LogP contribution in [0.25, 0.3) is 0 Å². The number of unbranched alkanes of at least 4 members (excludes halogenated alkanes) is 1. The second-order valence-corrected chi connectivity index (χ2v) is 8.94. The van der Waals surface area contributed by atoms with E-state index in [0.29, 0.717) is 6.04 Å². The molecule has 1 aromatic carbocycles. The topological polar surface area (TPSA) is 35.9 Å². The quantitative estimate of drug-likeness (QED) is 0.533. The lowest BCUT2D eigenvalue weighted by Crippen LogP contribution is -2.50. The molecule has 2 aliphatic rings. The van der Waals surface area contributed by atoms with Crippen LogP contribution in [0.5, 0.6) is 0 Å². The summed E-state index contributed by atoms with van der Waals surface area (Å²) in [6.45, 7) is 7.04. The number of anilines is 1. The van der Waals surface area contributed by atoms with Gasteiger partial charge in [-0.25, -0.2) is 0 Å². The largest absolute Gasteiger partial charge is 0.330 e. The summed E-state index contributed by atoms with van der Waals surface area (Å²) >= 11 is 1.83. The van der Waals surface area contributed by atoms with Crippen molar-refractivity contribution in [2.75, 3.05) is 17.2 Å². The van der Waals surface area contributed by atoms with Gasteiger partial charge in [0.1, 0.15) is 6.17 Å². The number of aliphatic imine (C=N–C) groups is 1. The van der Waals surface area contributed by atoms with Crippen molar-refractivity contribution in [3.05, 3.63) is 29.8 Å². The predicted molar refractivity (Wildman–Crippen MR) is 128 cm³/mol. The summed E-state index contributed by atoms with van der Waals surface area (Å²) in [6.07, 6.45) is 9.72. The summed E-state index contributed by atoms with van der Waals surface area (Å²) in [5.74, 6) is 1.000. The molecule has 6 heteroatoms. The van der Waals surface area contributed by atoms with E-state index in [9.17, 15) is 4.79 Å². The molecule has 1 saturated heterocycles. The molecular weight excluding hydrogens is 402 g/mol. The Balaban J connectivity index is 0.00000300. The van der Waals surface area contributed by atoms with Gasteiger partial charge < -0.3 is 4.90 Å². The minimum Gasteiger partial charge on any atom is -0.330 e. The number of amides is 1. The third-order valence-corrected chi connectivity index (χ3v) is 6.91. The molecule has 0 radical (unpaired) electrons. The first-order valence-corrected chi connectivity index (χ1v) is 12.0. The molecule has 0 aromatic heterocycles. The molecule has 1 unspecified atom stereocenters. The van der Waals surface area contributed by atoms with Crippen LogP contribution >= 0.6 is 24.2 Å². The maximum Gasteiger partial charge on any atom is 0.225 e. The van der Waals surface area contributed by atoms with Crippen molar-refractivity contribution >= 4 is 40.9 Å². The fraction of sp³-hybridized carbons (Fsp3) is 0.652. The number of hydrogen-bond donors (Lipinski definition) is 0. The number of thioether (sulfide) groups is 1. The van der Waals surface area contributed by atoms with Crippen molar-refractivity contribution < 1.29 is 4.79 Å². The Labute approximate surface area is 186 Å². The van der Waals surface area contributed by atoms with Gasteiger partial charge in [-0.05, 0) is 43.4 Å². The van der Waals surface area contributed by atoms with E-state index in [0.717, 1.165) is 42.4 Å². The fourth-order valence-electron chi connectivity index (χ4n) is 4.17. The zero-order valence-corrected chi connectivity index (χ0v) is 19.7. The molecule has 1 aromatic rings. The van der Waals surface area contributed by atoms with E-state index in [-0.39, 0.29) is 24.5 Å². The molecular formula is C23H36ClN3OS. The van der Waals surface area contributed by atoms with E-state index in [1.165, 1.54) is 37.7 Å². The normalized spacial score (nSPS) is 21.3. The SMILES string of the molecule is CCCCN1C(=NC2CCCCC2)SCC1N(C(C)=O)c1ccc(CC)cc1.Cl. The lowest BCUT2D eigenvalue weighted by atomic mass is 9.96. The molecule has 3 rings (SSSR count). The van der Waals surface area contributed by atoms with Crippen LogP contribution in [-0.2, 0) is 11.2 Å². The second-order valence-electron chi connectivity index (χ2n) is 7.95. The predicted octanol–water partition coefficient (Wildman–Crippen LogP) is 5.89. The lowest BCUT2D eigenvalue weighted by molar-refractivity contribution is -0.117. The summed E-state index contributed by atoms with van der Waals surface area (Å²) < 4.78 is 0. The highest BCUT2D eigenvalue weighted by molar-refractivity contribution is 8.14. The second kappa shape index (κ2) is 11.8. The highest BCUT2D eigenvalue weighted by atomic mass is 35.5. The monoisotopic (exact) mass is 437 g/mol. The molecule has 1 atom stereocenters. The Morgan fingerprint density at radius 3 is 2.45 bits per heavy atom. The van der Waals surface area contributed by atoms with Crippen molar-refractivity contribution in [1.82, 2.24) is 4.90 Å². The lowest BCUT2D eigenvalue weighted by Gasteiger charge is -2.35. The third-order valence-electron chi connectivity index (χ3n) is 5.85. The molecule has 1 aliphatic heterocycles. The first-order valence-electron chi connectivity index (χ1n) is 11.0. The average Bonchev–Trinajstić information content (AvgIpc) is 3.09. The Morgan fingerprint density at radius 2 is 1.86 bits per heavy atom. The van der Waals surface area contributed by atoms with Crippen molar-refractivity contribution in [1.29, 1.82) is 0 Å². The zero-order chi connectivity index (χ0) is 19.9. The van der Waals surface area contributed by atoms with Gasteiger partial charge in [-0.15, -0.1) is 12.4 Å². The van der Waals surface area contributed by atoms with E-state index in [1.807, 2.05) is 16.7 Å². The molecule has 1 saturated carbocycles. The Bertz CT molecular complexity index is 673. The van der Waals surface area contributed by atoms with E-state index < -0.39 is 0 Å². The minimum atomic E-state index is 0.